The van der Waals surface area contributed by atoms with Crippen LogP contribution >= 0.6 is 11.3 Å². The maximum atomic E-state index is 4.75. The van der Waals surface area contributed by atoms with Crippen molar-refractivity contribution in [3.63, 3.8) is 0 Å². The van der Waals surface area contributed by atoms with Gasteiger partial charge in [0.05, 0.1) is 5.69 Å². The molecule has 18 heavy (non-hydrogen) atoms. The van der Waals surface area contributed by atoms with E-state index < -0.39 is 0 Å². The number of imidazole rings is 1. The van der Waals surface area contributed by atoms with Gasteiger partial charge in [-0.1, -0.05) is 30.3 Å². The first-order chi connectivity index (χ1) is 8.90. The van der Waals surface area contributed by atoms with Gasteiger partial charge in [0, 0.05) is 23.2 Å². The molecule has 3 heteroatoms. The van der Waals surface area contributed by atoms with Gasteiger partial charge in [0.15, 0.2) is 4.96 Å². The Kier molecular flexibility index (Phi) is 2.27. The Bertz CT molecular complexity index is 694. The third-order valence-electron chi connectivity index (χ3n) is 3.60. The normalized spacial score (nSPS) is 14.2. The molecule has 0 saturated carbocycles. The SMILES string of the molecule is c1ccc(Cc2cn3c4c(sc3n2)CCC4)cc1. The second kappa shape index (κ2) is 3.95. The summed E-state index contributed by atoms with van der Waals surface area (Å²) in [6, 6.07) is 10.6. The van der Waals surface area contributed by atoms with Gasteiger partial charge in [-0.05, 0) is 24.8 Å². The molecule has 1 aliphatic carbocycles. The van der Waals surface area contributed by atoms with Crippen LogP contribution < -0.4 is 0 Å². The van der Waals surface area contributed by atoms with Crippen molar-refractivity contribution in [1.29, 1.82) is 0 Å². The fourth-order valence-corrected chi connectivity index (χ4v) is 3.95. The fraction of sp³-hybridized carbons (Fsp3) is 0.267. The van der Waals surface area contributed by atoms with Crippen LogP contribution in [0.15, 0.2) is 36.5 Å². The summed E-state index contributed by atoms with van der Waals surface area (Å²) in [5.41, 5.74) is 4.02. The molecular weight excluding hydrogens is 240 g/mol. The van der Waals surface area contributed by atoms with Crippen LogP contribution in [0.5, 0.6) is 0 Å². The van der Waals surface area contributed by atoms with Crippen LogP contribution in [0, 0.1) is 0 Å². The highest BCUT2D eigenvalue weighted by Crippen LogP contribution is 2.31. The maximum Gasteiger partial charge on any atom is 0.194 e. The highest BCUT2D eigenvalue weighted by atomic mass is 32.1. The first-order valence-electron chi connectivity index (χ1n) is 6.42. The van der Waals surface area contributed by atoms with Gasteiger partial charge in [-0.15, -0.1) is 11.3 Å². The summed E-state index contributed by atoms with van der Waals surface area (Å²) in [4.78, 5) is 7.47. The molecule has 2 nitrogen and oxygen atoms in total. The largest absolute Gasteiger partial charge is 0.294 e. The minimum Gasteiger partial charge on any atom is -0.294 e. The van der Waals surface area contributed by atoms with E-state index in [0.717, 1.165) is 6.42 Å². The van der Waals surface area contributed by atoms with Crippen LogP contribution in [0.3, 0.4) is 0 Å². The van der Waals surface area contributed by atoms with Crippen LogP contribution in [-0.2, 0) is 19.3 Å². The van der Waals surface area contributed by atoms with Crippen molar-refractivity contribution in [3.05, 3.63) is 58.4 Å². The second-order valence-electron chi connectivity index (χ2n) is 4.87. The molecule has 0 saturated heterocycles. The van der Waals surface area contributed by atoms with Crippen molar-refractivity contribution in [3.8, 4) is 0 Å². The highest BCUT2D eigenvalue weighted by Gasteiger charge is 2.19. The molecule has 0 spiro atoms. The van der Waals surface area contributed by atoms with E-state index in [1.54, 1.807) is 4.88 Å². The number of thiazole rings is 1. The lowest BCUT2D eigenvalue weighted by Gasteiger charge is -1.96. The lowest BCUT2D eigenvalue weighted by molar-refractivity contribution is 0.887. The Hall–Kier alpha value is -1.61. The molecule has 0 radical (unpaired) electrons. The first kappa shape index (κ1) is 10.3. The number of hydrogen-bond donors (Lipinski definition) is 0. The molecule has 0 bridgehead atoms. The Labute approximate surface area is 110 Å². The van der Waals surface area contributed by atoms with E-state index in [2.05, 4.69) is 40.9 Å². The van der Waals surface area contributed by atoms with Crippen LogP contribution in [-0.4, -0.2) is 9.38 Å². The molecule has 1 aliphatic rings. The zero-order valence-corrected chi connectivity index (χ0v) is 10.9. The molecule has 4 rings (SSSR count). The molecule has 0 atom stereocenters. The molecule has 0 fully saturated rings. The number of aryl methyl sites for hydroxylation is 2. The molecule has 1 aromatic carbocycles. The molecule has 0 unspecified atom stereocenters. The van der Waals surface area contributed by atoms with E-state index in [4.69, 9.17) is 4.98 Å². The quantitative estimate of drug-likeness (QED) is 0.684. The van der Waals surface area contributed by atoms with E-state index in [-0.39, 0.29) is 0 Å². The zero-order chi connectivity index (χ0) is 11.9. The van der Waals surface area contributed by atoms with Crippen molar-refractivity contribution < 1.29 is 0 Å². The molecule has 2 heterocycles. The Morgan fingerprint density at radius 2 is 2.06 bits per heavy atom. The van der Waals surface area contributed by atoms with Gasteiger partial charge in [-0.25, -0.2) is 4.98 Å². The summed E-state index contributed by atoms with van der Waals surface area (Å²) in [6.45, 7) is 0. The Balaban J connectivity index is 1.72. The third kappa shape index (κ3) is 1.58. The van der Waals surface area contributed by atoms with Gasteiger partial charge in [-0.2, -0.15) is 0 Å². The van der Waals surface area contributed by atoms with Crippen LogP contribution in [0.1, 0.15) is 28.2 Å². The number of aromatic nitrogens is 2. The number of fused-ring (bicyclic) bond motifs is 3. The van der Waals surface area contributed by atoms with Gasteiger partial charge in [0.25, 0.3) is 0 Å². The molecule has 0 amide bonds. The zero-order valence-electron chi connectivity index (χ0n) is 10.1. The lowest BCUT2D eigenvalue weighted by atomic mass is 10.1. The molecule has 0 N–H and O–H groups in total. The topological polar surface area (TPSA) is 17.3 Å². The minimum absolute atomic E-state index is 0.935. The van der Waals surface area contributed by atoms with Crippen LogP contribution in [0.2, 0.25) is 0 Å². The average molecular weight is 254 g/mol. The standard InChI is InChI=1S/C15H14N2S/c1-2-5-11(6-3-1)9-12-10-17-13-7-4-8-14(13)18-15(17)16-12/h1-3,5-6,10H,4,7-9H2. The summed E-state index contributed by atoms with van der Waals surface area (Å²) < 4.78 is 2.31. The van der Waals surface area contributed by atoms with Gasteiger partial charge >= 0.3 is 0 Å². The summed E-state index contributed by atoms with van der Waals surface area (Å²) >= 11 is 1.87. The van der Waals surface area contributed by atoms with E-state index in [1.165, 1.54) is 41.2 Å². The van der Waals surface area contributed by atoms with Crippen molar-refractivity contribution in [2.75, 3.05) is 0 Å². The fourth-order valence-electron chi connectivity index (χ4n) is 2.74. The summed E-state index contributed by atoms with van der Waals surface area (Å²) in [5.74, 6) is 0. The van der Waals surface area contributed by atoms with Crippen molar-refractivity contribution >= 4 is 16.3 Å². The predicted octanol–water partition coefficient (Wildman–Crippen LogP) is 3.48. The second-order valence-corrected chi connectivity index (χ2v) is 5.93. The maximum absolute atomic E-state index is 4.75. The monoisotopic (exact) mass is 254 g/mol. The number of benzene rings is 1. The van der Waals surface area contributed by atoms with Crippen molar-refractivity contribution in [2.45, 2.75) is 25.7 Å². The predicted molar refractivity (Wildman–Crippen MR) is 74.3 cm³/mol. The van der Waals surface area contributed by atoms with Gasteiger partial charge in [0.1, 0.15) is 0 Å². The summed E-state index contributed by atoms with van der Waals surface area (Å²) in [5, 5.41) is 0. The van der Waals surface area contributed by atoms with Crippen LogP contribution in [0.25, 0.3) is 4.96 Å². The highest BCUT2D eigenvalue weighted by molar-refractivity contribution is 7.17. The van der Waals surface area contributed by atoms with Crippen LogP contribution in [0.4, 0.5) is 0 Å². The molecular formula is C15H14N2S. The van der Waals surface area contributed by atoms with E-state index >= 15 is 0 Å². The summed E-state index contributed by atoms with van der Waals surface area (Å²) in [7, 11) is 0. The Morgan fingerprint density at radius 1 is 1.17 bits per heavy atom. The number of nitrogens with zero attached hydrogens (tertiary/aromatic N) is 2. The Morgan fingerprint density at radius 3 is 2.94 bits per heavy atom. The van der Waals surface area contributed by atoms with E-state index in [0.29, 0.717) is 0 Å². The number of rotatable bonds is 2. The third-order valence-corrected chi connectivity index (χ3v) is 4.75. The van der Waals surface area contributed by atoms with Crippen molar-refractivity contribution in [2.24, 2.45) is 0 Å². The molecule has 2 aromatic heterocycles. The van der Waals surface area contributed by atoms with E-state index in [1.807, 2.05) is 11.3 Å². The van der Waals surface area contributed by atoms with Crippen molar-refractivity contribution in [1.82, 2.24) is 9.38 Å². The summed E-state index contributed by atoms with van der Waals surface area (Å²) in [6.07, 6.45) is 6.93. The van der Waals surface area contributed by atoms with Gasteiger partial charge < -0.3 is 0 Å². The average Bonchev–Trinajstić information content (AvgIpc) is 3.02. The smallest absolute Gasteiger partial charge is 0.194 e. The molecule has 0 aliphatic heterocycles. The molecule has 90 valence electrons. The minimum atomic E-state index is 0.935. The molecule has 3 aromatic rings. The van der Waals surface area contributed by atoms with Gasteiger partial charge in [0.2, 0.25) is 0 Å². The van der Waals surface area contributed by atoms with E-state index in [9.17, 15) is 0 Å². The number of hydrogen-bond acceptors (Lipinski definition) is 2. The lowest BCUT2D eigenvalue weighted by Crippen LogP contribution is -1.88. The first-order valence-corrected chi connectivity index (χ1v) is 7.24. The van der Waals surface area contributed by atoms with Gasteiger partial charge in [-0.3, -0.25) is 4.40 Å².